The highest BCUT2D eigenvalue weighted by atomic mass is 32.1. The summed E-state index contributed by atoms with van der Waals surface area (Å²) in [5.74, 6) is -0.224. The van der Waals surface area contributed by atoms with Crippen LogP contribution in [0.3, 0.4) is 0 Å². The Balaban J connectivity index is 1.15. The number of Topliss-reactive ketones (excluding diaryl/α,β-unsaturated/α-hetero) is 2. The molecule has 0 amide bonds. The number of carbonyl (C=O) groups excluding carboxylic acids is 2. The van der Waals surface area contributed by atoms with Crippen molar-refractivity contribution in [2.75, 3.05) is 20.6 Å². The van der Waals surface area contributed by atoms with E-state index in [1.54, 1.807) is 18.3 Å². The largest absolute Gasteiger partial charge is 0.453 e. The fourth-order valence-corrected chi connectivity index (χ4v) is 6.07. The van der Waals surface area contributed by atoms with E-state index in [1.807, 2.05) is 63.0 Å². The summed E-state index contributed by atoms with van der Waals surface area (Å²) < 4.78 is 24.1. The molecule has 3 aromatic heterocycles. The summed E-state index contributed by atoms with van der Waals surface area (Å²) in [5, 5.41) is 0. The van der Waals surface area contributed by atoms with Gasteiger partial charge in [0.25, 0.3) is 0 Å². The van der Waals surface area contributed by atoms with Crippen LogP contribution in [0.4, 0.5) is 4.39 Å². The molecule has 0 bridgehead atoms. The normalized spacial score (nSPS) is 13.9. The number of rotatable bonds is 12. The molecule has 2 aromatic carbocycles. The van der Waals surface area contributed by atoms with E-state index in [9.17, 15) is 9.59 Å². The summed E-state index contributed by atoms with van der Waals surface area (Å²) in [7, 11) is 4.07. The minimum Gasteiger partial charge on any atom is -0.453 e. The quantitative estimate of drug-likeness (QED) is 0.160. The second kappa shape index (κ2) is 11.6. The molecule has 0 atom stereocenters. The Labute approximate surface area is 247 Å². The summed E-state index contributed by atoms with van der Waals surface area (Å²) >= 11 is 1.49. The van der Waals surface area contributed by atoms with E-state index >= 15 is 4.39 Å². The molecule has 0 aliphatic heterocycles. The highest BCUT2D eigenvalue weighted by Gasteiger charge is 2.54. The van der Waals surface area contributed by atoms with E-state index in [-0.39, 0.29) is 30.2 Å². The summed E-state index contributed by atoms with van der Waals surface area (Å²) in [6.07, 6.45) is 6.81. The van der Waals surface area contributed by atoms with E-state index in [4.69, 9.17) is 4.74 Å². The minimum absolute atomic E-state index is 0.00665. The van der Waals surface area contributed by atoms with Crippen LogP contribution < -0.4 is 4.74 Å². The maximum atomic E-state index is 15.2. The van der Waals surface area contributed by atoms with E-state index in [0.29, 0.717) is 24.2 Å². The van der Waals surface area contributed by atoms with Crippen molar-refractivity contribution in [3.8, 4) is 22.1 Å². The lowest BCUT2D eigenvalue weighted by Crippen LogP contribution is -2.28. The lowest BCUT2D eigenvalue weighted by atomic mass is 9.88. The van der Waals surface area contributed by atoms with Crippen LogP contribution in [0.25, 0.3) is 20.8 Å². The van der Waals surface area contributed by atoms with Crippen LogP contribution in [0.15, 0.2) is 79.4 Å². The van der Waals surface area contributed by atoms with Crippen molar-refractivity contribution in [3.05, 3.63) is 96.3 Å². The number of imidazole rings is 1. The molecule has 214 valence electrons. The Morgan fingerprint density at radius 3 is 2.45 bits per heavy atom. The van der Waals surface area contributed by atoms with Crippen molar-refractivity contribution in [2.24, 2.45) is 5.41 Å². The Bertz CT molecular complexity index is 1760. The zero-order valence-electron chi connectivity index (χ0n) is 23.5. The van der Waals surface area contributed by atoms with E-state index in [1.165, 1.54) is 23.5 Å². The summed E-state index contributed by atoms with van der Waals surface area (Å²) in [4.78, 5) is 38.2. The number of halogens is 1. The first kappa shape index (κ1) is 27.9. The molecule has 5 aromatic rings. The van der Waals surface area contributed by atoms with Crippen LogP contribution in [0.1, 0.15) is 24.0 Å². The van der Waals surface area contributed by atoms with Crippen LogP contribution in [0.5, 0.6) is 11.5 Å². The van der Waals surface area contributed by atoms with Crippen LogP contribution in [-0.4, -0.2) is 51.6 Å². The second-order valence-electron chi connectivity index (χ2n) is 11.1. The number of hydrogen-bond donors (Lipinski definition) is 0. The number of likely N-dealkylation sites (N-methyl/N-ethyl adjacent to an activating group) is 1. The number of hydrogen-bond acceptors (Lipinski definition) is 7. The molecule has 7 nitrogen and oxygen atoms in total. The lowest BCUT2D eigenvalue weighted by molar-refractivity contribution is -0.133. The molecular weight excluding hydrogens is 551 g/mol. The molecule has 1 aliphatic carbocycles. The standard InChI is InChI=1S/C33H31FN4O3S/c1-37(2)14-15-38-20-26(36-21-38)29-19-25-32(42-29)28(10-13-35-25)41-27-9-8-23(16-24(27)34)18-31(40)33(11-12-33)30(39)17-22-6-4-3-5-7-22/h3-10,13,16,19-21H,11-12,14-15,17-18H2,1-2H3. The fourth-order valence-electron chi connectivity index (χ4n) is 5.05. The molecule has 1 aliphatic rings. The molecule has 3 heterocycles. The van der Waals surface area contributed by atoms with Gasteiger partial charge in [0.1, 0.15) is 5.75 Å². The average molecular weight is 583 g/mol. The molecule has 0 radical (unpaired) electrons. The van der Waals surface area contributed by atoms with Gasteiger partial charge in [0.2, 0.25) is 0 Å². The monoisotopic (exact) mass is 582 g/mol. The fraction of sp³-hybridized carbons (Fsp3) is 0.273. The van der Waals surface area contributed by atoms with Crippen LogP contribution in [0.2, 0.25) is 0 Å². The topological polar surface area (TPSA) is 77.3 Å². The van der Waals surface area contributed by atoms with Crippen LogP contribution in [-0.2, 0) is 29.0 Å². The van der Waals surface area contributed by atoms with Gasteiger partial charge in [0.05, 0.1) is 32.5 Å². The van der Waals surface area contributed by atoms with Crippen molar-refractivity contribution in [1.29, 1.82) is 0 Å². The molecule has 6 rings (SSSR count). The first-order valence-electron chi connectivity index (χ1n) is 13.9. The van der Waals surface area contributed by atoms with Gasteiger partial charge in [-0.25, -0.2) is 9.37 Å². The van der Waals surface area contributed by atoms with E-state index in [2.05, 4.69) is 19.4 Å². The number of carbonyl (C=O) groups is 2. The molecule has 1 fully saturated rings. The molecular formula is C33H31FN4O3S. The van der Waals surface area contributed by atoms with Crippen molar-refractivity contribution >= 4 is 33.1 Å². The smallest absolute Gasteiger partial charge is 0.166 e. The Morgan fingerprint density at radius 1 is 0.976 bits per heavy atom. The number of pyridine rings is 1. The third kappa shape index (κ3) is 5.89. The number of benzene rings is 2. The molecule has 9 heteroatoms. The van der Waals surface area contributed by atoms with Crippen molar-refractivity contribution in [3.63, 3.8) is 0 Å². The molecule has 0 unspecified atom stereocenters. The second-order valence-corrected chi connectivity index (χ2v) is 12.1. The summed E-state index contributed by atoms with van der Waals surface area (Å²) in [6.45, 7) is 1.75. The number of ether oxygens (including phenoxy) is 1. The predicted molar refractivity (Wildman–Crippen MR) is 161 cm³/mol. The average Bonchev–Trinajstić information content (AvgIpc) is 3.46. The number of fused-ring (bicyclic) bond motifs is 1. The molecule has 1 saturated carbocycles. The van der Waals surface area contributed by atoms with Crippen molar-refractivity contribution < 1.29 is 18.7 Å². The van der Waals surface area contributed by atoms with Crippen LogP contribution in [0, 0.1) is 11.2 Å². The molecule has 0 saturated heterocycles. The molecule has 0 spiro atoms. The van der Waals surface area contributed by atoms with Crippen LogP contribution >= 0.6 is 11.3 Å². The van der Waals surface area contributed by atoms with Gasteiger partial charge >= 0.3 is 0 Å². The maximum absolute atomic E-state index is 15.2. The number of nitrogens with zero attached hydrogens (tertiary/aromatic N) is 4. The van der Waals surface area contributed by atoms with E-state index < -0.39 is 11.2 Å². The van der Waals surface area contributed by atoms with Gasteiger partial charge in [0.15, 0.2) is 23.1 Å². The number of thiophene rings is 1. The third-order valence-corrected chi connectivity index (χ3v) is 8.83. The Kier molecular flexibility index (Phi) is 7.70. The van der Waals surface area contributed by atoms with Gasteiger partial charge in [0, 0.05) is 44.4 Å². The van der Waals surface area contributed by atoms with Gasteiger partial charge in [-0.05, 0) is 56.3 Å². The Hall–Kier alpha value is -4.21. The first-order chi connectivity index (χ1) is 20.3. The van der Waals surface area contributed by atoms with Gasteiger partial charge in [-0.1, -0.05) is 36.4 Å². The van der Waals surface area contributed by atoms with Gasteiger partial charge in [-0.15, -0.1) is 11.3 Å². The predicted octanol–water partition coefficient (Wildman–Crippen LogP) is 6.36. The van der Waals surface area contributed by atoms with Gasteiger partial charge in [-0.2, -0.15) is 0 Å². The number of ketones is 2. The summed E-state index contributed by atoms with van der Waals surface area (Å²) in [6, 6.07) is 17.7. The van der Waals surface area contributed by atoms with E-state index in [0.717, 1.165) is 39.4 Å². The maximum Gasteiger partial charge on any atom is 0.166 e. The van der Waals surface area contributed by atoms with Gasteiger partial charge in [-0.3, -0.25) is 14.6 Å². The minimum atomic E-state index is -0.941. The highest BCUT2D eigenvalue weighted by Crippen LogP contribution is 2.49. The summed E-state index contributed by atoms with van der Waals surface area (Å²) in [5.41, 5.74) is 2.06. The van der Waals surface area contributed by atoms with Crippen molar-refractivity contribution in [1.82, 2.24) is 19.4 Å². The molecule has 42 heavy (non-hydrogen) atoms. The zero-order chi connectivity index (χ0) is 29.3. The van der Waals surface area contributed by atoms with Gasteiger partial charge < -0.3 is 14.2 Å². The zero-order valence-corrected chi connectivity index (χ0v) is 24.4. The highest BCUT2D eigenvalue weighted by molar-refractivity contribution is 7.22. The SMILES string of the molecule is CN(C)CCn1cnc(-c2cc3nccc(Oc4ccc(CC(=O)C5(C(=O)Cc6ccccc6)CC5)cc4F)c3s2)c1. The first-order valence-corrected chi connectivity index (χ1v) is 14.7. The lowest BCUT2D eigenvalue weighted by Gasteiger charge is -2.14. The number of aromatic nitrogens is 3. The Morgan fingerprint density at radius 2 is 1.74 bits per heavy atom. The molecule has 0 N–H and O–H groups in total. The third-order valence-electron chi connectivity index (χ3n) is 7.67. The van der Waals surface area contributed by atoms with Crippen molar-refractivity contribution in [2.45, 2.75) is 32.2 Å².